The van der Waals surface area contributed by atoms with Crippen molar-refractivity contribution in [3.05, 3.63) is 107 Å². The van der Waals surface area contributed by atoms with E-state index in [2.05, 4.69) is 97.2 Å². The molecule has 0 atom stereocenters. The molecule has 0 saturated heterocycles. The van der Waals surface area contributed by atoms with Crippen molar-refractivity contribution in [1.82, 2.24) is 5.32 Å². The van der Waals surface area contributed by atoms with Gasteiger partial charge in [0.2, 0.25) is 0 Å². The third-order valence-electron chi connectivity index (χ3n) is 5.93. The van der Waals surface area contributed by atoms with Crippen LogP contribution in [-0.4, -0.2) is 6.54 Å². The maximum absolute atomic E-state index is 3.84. The van der Waals surface area contributed by atoms with E-state index in [1.807, 2.05) is 0 Å². The molecule has 3 aromatic rings. The zero-order valence-electron chi connectivity index (χ0n) is 16.2. The fraction of sp³-hybridized carbons (Fsp3) is 0.308. The van der Waals surface area contributed by atoms with E-state index in [1.165, 1.54) is 47.9 Å². The van der Waals surface area contributed by atoms with Crippen molar-refractivity contribution in [3.63, 3.8) is 0 Å². The molecular formula is C26H29N. The highest BCUT2D eigenvalue weighted by molar-refractivity contribution is 5.31. The standard InChI is InChI=1S/C26H29N/c1-21-12-14-22(15-13-21)20-26(16-17-26)18-19-27-25(23-8-4-2-5-9-23)24-10-6-3-7-11-24/h2-15,25,27H,16-20H2,1H3. The summed E-state index contributed by atoms with van der Waals surface area (Å²) in [6.07, 6.45) is 5.20. The van der Waals surface area contributed by atoms with Gasteiger partial charge in [-0.3, -0.25) is 0 Å². The van der Waals surface area contributed by atoms with Crippen LogP contribution in [0, 0.1) is 12.3 Å². The van der Waals surface area contributed by atoms with Gasteiger partial charge in [-0.15, -0.1) is 0 Å². The lowest BCUT2D eigenvalue weighted by Gasteiger charge is -2.22. The fourth-order valence-electron chi connectivity index (χ4n) is 4.03. The van der Waals surface area contributed by atoms with Crippen molar-refractivity contribution in [3.8, 4) is 0 Å². The molecule has 0 bridgehead atoms. The van der Waals surface area contributed by atoms with E-state index in [1.54, 1.807) is 0 Å². The van der Waals surface area contributed by atoms with E-state index in [-0.39, 0.29) is 6.04 Å². The van der Waals surface area contributed by atoms with E-state index < -0.39 is 0 Å². The Labute approximate surface area is 163 Å². The highest BCUT2D eigenvalue weighted by Crippen LogP contribution is 2.51. The highest BCUT2D eigenvalue weighted by Gasteiger charge is 2.41. The molecule has 138 valence electrons. The van der Waals surface area contributed by atoms with Crippen LogP contribution in [0.15, 0.2) is 84.9 Å². The summed E-state index contributed by atoms with van der Waals surface area (Å²) in [6.45, 7) is 3.22. The van der Waals surface area contributed by atoms with Crippen molar-refractivity contribution >= 4 is 0 Å². The van der Waals surface area contributed by atoms with Gasteiger partial charge < -0.3 is 5.32 Å². The van der Waals surface area contributed by atoms with E-state index >= 15 is 0 Å². The second kappa shape index (κ2) is 8.10. The van der Waals surface area contributed by atoms with Crippen molar-refractivity contribution in [2.45, 2.75) is 38.6 Å². The monoisotopic (exact) mass is 355 g/mol. The Bertz CT molecular complexity index is 793. The summed E-state index contributed by atoms with van der Waals surface area (Å²) in [5.41, 5.74) is 6.03. The molecule has 27 heavy (non-hydrogen) atoms. The van der Waals surface area contributed by atoms with E-state index in [9.17, 15) is 0 Å². The Morgan fingerprint density at radius 2 is 1.33 bits per heavy atom. The first-order chi connectivity index (χ1) is 13.2. The van der Waals surface area contributed by atoms with Gasteiger partial charge in [0.15, 0.2) is 0 Å². The molecule has 1 heteroatoms. The Morgan fingerprint density at radius 1 is 0.778 bits per heavy atom. The third kappa shape index (κ3) is 4.67. The summed E-state index contributed by atoms with van der Waals surface area (Å²) in [4.78, 5) is 0. The van der Waals surface area contributed by atoms with E-state index in [0.29, 0.717) is 5.41 Å². The van der Waals surface area contributed by atoms with Crippen molar-refractivity contribution in [1.29, 1.82) is 0 Å². The number of hydrogen-bond donors (Lipinski definition) is 1. The minimum absolute atomic E-state index is 0.266. The molecular weight excluding hydrogens is 326 g/mol. The Kier molecular flexibility index (Phi) is 5.40. The summed E-state index contributed by atoms with van der Waals surface area (Å²) in [6, 6.07) is 31.0. The molecule has 0 unspecified atom stereocenters. The maximum atomic E-state index is 3.84. The van der Waals surface area contributed by atoms with Gasteiger partial charge in [-0.25, -0.2) is 0 Å². The molecule has 1 saturated carbocycles. The van der Waals surface area contributed by atoms with Crippen LogP contribution in [0.1, 0.15) is 47.6 Å². The second-order valence-corrected chi connectivity index (χ2v) is 8.12. The molecule has 0 aromatic heterocycles. The lowest BCUT2D eigenvalue weighted by atomic mass is 9.92. The smallest absolute Gasteiger partial charge is 0.0576 e. The lowest BCUT2D eigenvalue weighted by molar-refractivity contribution is 0.431. The zero-order chi connectivity index (χ0) is 18.5. The SMILES string of the molecule is Cc1ccc(CC2(CCNC(c3ccccc3)c3ccccc3)CC2)cc1. The molecule has 1 fully saturated rings. The molecule has 0 radical (unpaired) electrons. The van der Waals surface area contributed by atoms with Crippen LogP contribution in [0.5, 0.6) is 0 Å². The molecule has 1 aliphatic carbocycles. The Morgan fingerprint density at radius 3 is 1.85 bits per heavy atom. The maximum Gasteiger partial charge on any atom is 0.0576 e. The average molecular weight is 356 g/mol. The predicted molar refractivity (Wildman–Crippen MR) is 114 cm³/mol. The first-order valence-electron chi connectivity index (χ1n) is 10.1. The highest BCUT2D eigenvalue weighted by atomic mass is 14.9. The summed E-state index contributed by atoms with van der Waals surface area (Å²) in [7, 11) is 0. The van der Waals surface area contributed by atoms with Gasteiger partial charge in [-0.2, -0.15) is 0 Å². The van der Waals surface area contributed by atoms with Gasteiger partial charge in [0, 0.05) is 0 Å². The number of rotatable bonds is 8. The van der Waals surface area contributed by atoms with E-state index in [0.717, 1.165) is 6.54 Å². The lowest BCUT2D eigenvalue weighted by Crippen LogP contribution is -2.26. The second-order valence-electron chi connectivity index (χ2n) is 8.12. The fourth-order valence-corrected chi connectivity index (χ4v) is 4.03. The van der Waals surface area contributed by atoms with E-state index in [4.69, 9.17) is 0 Å². The normalized spacial score (nSPS) is 15.0. The van der Waals surface area contributed by atoms with Gasteiger partial charge >= 0.3 is 0 Å². The topological polar surface area (TPSA) is 12.0 Å². The number of hydrogen-bond acceptors (Lipinski definition) is 1. The minimum atomic E-state index is 0.266. The van der Waals surface area contributed by atoms with Crippen LogP contribution in [0.3, 0.4) is 0 Å². The number of aryl methyl sites for hydroxylation is 1. The number of benzene rings is 3. The molecule has 1 nitrogen and oxygen atoms in total. The molecule has 4 rings (SSSR count). The summed E-state index contributed by atoms with van der Waals surface area (Å²) in [5.74, 6) is 0. The molecule has 0 amide bonds. The summed E-state index contributed by atoms with van der Waals surface area (Å²) < 4.78 is 0. The van der Waals surface area contributed by atoms with Gasteiger partial charge in [-0.05, 0) is 61.3 Å². The third-order valence-corrected chi connectivity index (χ3v) is 5.93. The van der Waals surface area contributed by atoms with Crippen molar-refractivity contribution in [2.75, 3.05) is 6.54 Å². The largest absolute Gasteiger partial charge is 0.306 e. The van der Waals surface area contributed by atoms with Gasteiger partial charge in [-0.1, -0.05) is 90.5 Å². The summed E-state index contributed by atoms with van der Waals surface area (Å²) >= 11 is 0. The van der Waals surface area contributed by atoms with Crippen LogP contribution < -0.4 is 5.32 Å². The molecule has 0 spiro atoms. The van der Waals surface area contributed by atoms with Crippen LogP contribution in [0.25, 0.3) is 0 Å². The van der Waals surface area contributed by atoms with Gasteiger partial charge in [0.25, 0.3) is 0 Å². The Hall–Kier alpha value is -2.38. The average Bonchev–Trinajstić information content (AvgIpc) is 3.48. The first kappa shape index (κ1) is 18.0. The van der Waals surface area contributed by atoms with Crippen molar-refractivity contribution in [2.24, 2.45) is 5.41 Å². The minimum Gasteiger partial charge on any atom is -0.306 e. The van der Waals surface area contributed by atoms with Crippen LogP contribution in [0.4, 0.5) is 0 Å². The molecule has 1 aliphatic rings. The summed E-state index contributed by atoms with van der Waals surface area (Å²) in [5, 5.41) is 3.84. The van der Waals surface area contributed by atoms with Crippen LogP contribution >= 0.6 is 0 Å². The van der Waals surface area contributed by atoms with Gasteiger partial charge in [0.1, 0.15) is 0 Å². The zero-order valence-corrected chi connectivity index (χ0v) is 16.2. The molecule has 0 aliphatic heterocycles. The molecule has 3 aromatic carbocycles. The number of nitrogens with one attached hydrogen (secondary N) is 1. The van der Waals surface area contributed by atoms with Crippen LogP contribution in [0.2, 0.25) is 0 Å². The van der Waals surface area contributed by atoms with Crippen LogP contribution in [-0.2, 0) is 6.42 Å². The molecule has 1 N–H and O–H groups in total. The first-order valence-corrected chi connectivity index (χ1v) is 10.1. The molecule has 0 heterocycles. The quantitative estimate of drug-likeness (QED) is 0.516. The predicted octanol–water partition coefficient (Wildman–Crippen LogP) is 6.09. The van der Waals surface area contributed by atoms with Crippen molar-refractivity contribution < 1.29 is 0 Å². The Balaban J connectivity index is 1.40. The van der Waals surface area contributed by atoms with Gasteiger partial charge in [0.05, 0.1) is 6.04 Å².